The summed E-state index contributed by atoms with van der Waals surface area (Å²) in [5.41, 5.74) is 1.99. The fraction of sp³-hybridized carbons (Fsp3) is 0.417. The van der Waals surface area contributed by atoms with E-state index in [1.54, 1.807) is 49.4 Å². The molecule has 0 radical (unpaired) electrons. The van der Waals surface area contributed by atoms with Crippen LogP contribution in [-0.2, 0) is 26.2 Å². The summed E-state index contributed by atoms with van der Waals surface area (Å²) >= 11 is 12.2. The molecule has 186 valence electrons. The molecule has 10 heteroatoms. The van der Waals surface area contributed by atoms with E-state index in [0.717, 1.165) is 22.5 Å². The maximum atomic E-state index is 13.5. The van der Waals surface area contributed by atoms with Crippen LogP contribution in [0.5, 0.6) is 0 Å². The molecule has 0 aromatic heterocycles. The molecule has 0 spiro atoms. The minimum atomic E-state index is -3.77. The Bertz CT molecular complexity index is 1120. The van der Waals surface area contributed by atoms with E-state index in [4.69, 9.17) is 23.2 Å². The van der Waals surface area contributed by atoms with Crippen LogP contribution in [0.15, 0.2) is 42.5 Å². The topological polar surface area (TPSA) is 86.8 Å². The molecule has 1 N–H and O–H groups in total. The van der Waals surface area contributed by atoms with Gasteiger partial charge in [0, 0.05) is 12.6 Å². The van der Waals surface area contributed by atoms with Crippen LogP contribution in [0, 0.1) is 6.92 Å². The van der Waals surface area contributed by atoms with E-state index in [1.165, 1.54) is 4.90 Å². The zero-order valence-electron chi connectivity index (χ0n) is 20.0. The van der Waals surface area contributed by atoms with Crippen molar-refractivity contribution in [3.63, 3.8) is 0 Å². The number of rotatable bonds is 10. The molecule has 0 unspecified atom stereocenters. The lowest BCUT2D eigenvalue weighted by molar-refractivity contribution is -0.139. The number of anilines is 1. The van der Waals surface area contributed by atoms with Crippen molar-refractivity contribution in [3.8, 4) is 0 Å². The van der Waals surface area contributed by atoms with Crippen molar-refractivity contribution >= 4 is 50.7 Å². The Hall–Kier alpha value is -2.29. The summed E-state index contributed by atoms with van der Waals surface area (Å²) in [6, 6.07) is 10.9. The van der Waals surface area contributed by atoms with Crippen molar-refractivity contribution in [2.45, 2.75) is 52.7 Å². The molecule has 2 aromatic rings. The molecule has 2 rings (SSSR count). The van der Waals surface area contributed by atoms with E-state index in [9.17, 15) is 18.0 Å². The molecule has 2 amide bonds. The summed E-state index contributed by atoms with van der Waals surface area (Å²) in [4.78, 5) is 27.7. The minimum Gasteiger partial charge on any atom is -0.352 e. The number of hydrogen-bond donors (Lipinski definition) is 1. The van der Waals surface area contributed by atoms with Gasteiger partial charge in [0.15, 0.2) is 0 Å². The first kappa shape index (κ1) is 28.0. The van der Waals surface area contributed by atoms with Gasteiger partial charge in [0.25, 0.3) is 0 Å². The van der Waals surface area contributed by atoms with Crippen LogP contribution in [0.25, 0.3) is 0 Å². The maximum absolute atomic E-state index is 13.5. The number of amides is 2. The molecule has 0 aliphatic rings. The lowest BCUT2D eigenvalue weighted by Gasteiger charge is -2.32. The molecule has 0 fully saturated rings. The van der Waals surface area contributed by atoms with Crippen LogP contribution in [0.3, 0.4) is 0 Å². The second-order valence-electron chi connectivity index (χ2n) is 8.37. The predicted octanol–water partition coefficient (Wildman–Crippen LogP) is 4.40. The normalized spacial score (nSPS) is 13.1. The second-order valence-corrected chi connectivity index (χ2v) is 11.1. The lowest BCUT2D eigenvalue weighted by Crippen LogP contribution is -2.52. The average Bonchev–Trinajstić information content (AvgIpc) is 2.77. The molecule has 34 heavy (non-hydrogen) atoms. The Morgan fingerprint density at radius 2 is 1.65 bits per heavy atom. The van der Waals surface area contributed by atoms with Gasteiger partial charge in [0.05, 0.1) is 22.0 Å². The van der Waals surface area contributed by atoms with Crippen molar-refractivity contribution in [1.82, 2.24) is 10.2 Å². The fourth-order valence-corrected chi connectivity index (χ4v) is 4.38. The largest absolute Gasteiger partial charge is 0.352 e. The molecule has 0 saturated carbocycles. The Morgan fingerprint density at radius 1 is 1.03 bits per heavy atom. The number of carbonyl (C=O) groups excluding carboxylic acids is 2. The summed E-state index contributed by atoms with van der Waals surface area (Å²) in [5.74, 6) is -0.854. The van der Waals surface area contributed by atoms with Gasteiger partial charge >= 0.3 is 0 Å². The summed E-state index contributed by atoms with van der Waals surface area (Å²) in [6.07, 6.45) is 1.77. The zero-order valence-corrected chi connectivity index (χ0v) is 22.3. The van der Waals surface area contributed by atoms with Crippen LogP contribution in [-0.4, -0.2) is 50.0 Å². The Morgan fingerprint density at radius 3 is 2.18 bits per heavy atom. The third kappa shape index (κ3) is 7.61. The van der Waals surface area contributed by atoms with Crippen molar-refractivity contribution in [2.24, 2.45) is 0 Å². The molecule has 0 heterocycles. The quantitative estimate of drug-likeness (QED) is 0.495. The molecular weight excluding hydrogens is 497 g/mol. The van der Waals surface area contributed by atoms with Crippen molar-refractivity contribution in [1.29, 1.82) is 0 Å². The highest BCUT2D eigenvalue weighted by atomic mass is 35.5. The number of aryl methyl sites for hydroxylation is 1. The number of halogens is 2. The van der Waals surface area contributed by atoms with Gasteiger partial charge in [-0.05, 0) is 57.0 Å². The van der Waals surface area contributed by atoms with Crippen LogP contribution in [0.4, 0.5) is 5.69 Å². The van der Waals surface area contributed by atoms with Gasteiger partial charge in [-0.2, -0.15) is 0 Å². The summed E-state index contributed by atoms with van der Waals surface area (Å²) in [6.45, 7) is 6.92. The van der Waals surface area contributed by atoms with Crippen molar-refractivity contribution in [2.75, 3.05) is 17.1 Å². The van der Waals surface area contributed by atoms with Crippen LogP contribution < -0.4 is 9.62 Å². The Kier molecular flexibility index (Phi) is 9.79. The van der Waals surface area contributed by atoms with Gasteiger partial charge in [-0.3, -0.25) is 13.9 Å². The number of benzene rings is 2. The van der Waals surface area contributed by atoms with Crippen LogP contribution in [0.1, 0.15) is 38.3 Å². The molecule has 0 bridgehead atoms. The van der Waals surface area contributed by atoms with E-state index < -0.39 is 28.5 Å². The van der Waals surface area contributed by atoms with Gasteiger partial charge in [-0.1, -0.05) is 53.9 Å². The minimum absolute atomic E-state index is 0.0519. The number of nitrogens with zero attached hydrogens (tertiary/aromatic N) is 2. The zero-order chi connectivity index (χ0) is 25.6. The highest BCUT2D eigenvalue weighted by Crippen LogP contribution is 2.24. The van der Waals surface area contributed by atoms with E-state index in [0.29, 0.717) is 21.3 Å². The summed E-state index contributed by atoms with van der Waals surface area (Å²) < 4.78 is 26.1. The van der Waals surface area contributed by atoms with Crippen LogP contribution in [0.2, 0.25) is 10.0 Å². The number of carbonyl (C=O) groups is 2. The molecule has 2 atom stereocenters. The van der Waals surface area contributed by atoms with Gasteiger partial charge in [0.1, 0.15) is 12.6 Å². The first-order valence-corrected chi connectivity index (χ1v) is 13.5. The number of sulfonamides is 1. The highest BCUT2D eigenvalue weighted by Gasteiger charge is 2.30. The average molecular weight is 529 g/mol. The van der Waals surface area contributed by atoms with Gasteiger partial charge in [-0.15, -0.1) is 0 Å². The van der Waals surface area contributed by atoms with Gasteiger partial charge < -0.3 is 10.2 Å². The number of nitrogens with one attached hydrogen (secondary N) is 1. The SMILES string of the molecule is CC[C@@H](C)NC(=O)[C@H](C)N(Cc1ccc(Cl)c(Cl)c1)C(=O)CN(c1ccc(C)cc1)S(C)(=O)=O. The third-order valence-electron chi connectivity index (χ3n) is 5.51. The van der Waals surface area contributed by atoms with E-state index in [-0.39, 0.29) is 18.5 Å². The van der Waals surface area contributed by atoms with Crippen LogP contribution >= 0.6 is 23.2 Å². The smallest absolute Gasteiger partial charge is 0.244 e. The molecule has 0 aliphatic carbocycles. The monoisotopic (exact) mass is 527 g/mol. The van der Waals surface area contributed by atoms with Crippen molar-refractivity contribution < 1.29 is 18.0 Å². The van der Waals surface area contributed by atoms with Gasteiger partial charge in [-0.25, -0.2) is 8.42 Å². The number of hydrogen-bond acceptors (Lipinski definition) is 4. The first-order valence-electron chi connectivity index (χ1n) is 10.9. The Balaban J connectivity index is 2.40. The third-order valence-corrected chi connectivity index (χ3v) is 7.39. The molecule has 7 nitrogen and oxygen atoms in total. The molecule has 0 saturated heterocycles. The lowest BCUT2D eigenvalue weighted by atomic mass is 10.1. The first-order chi connectivity index (χ1) is 15.8. The second kappa shape index (κ2) is 11.9. The highest BCUT2D eigenvalue weighted by molar-refractivity contribution is 7.92. The Labute approximate surface area is 212 Å². The molecular formula is C24H31Cl2N3O4S. The van der Waals surface area contributed by atoms with E-state index in [2.05, 4.69) is 5.32 Å². The van der Waals surface area contributed by atoms with E-state index in [1.807, 2.05) is 20.8 Å². The van der Waals surface area contributed by atoms with Gasteiger partial charge in [0.2, 0.25) is 21.8 Å². The standard InChI is InChI=1S/C24H31Cl2N3O4S/c1-6-17(3)27-24(31)18(4)28(14-19-9-12-21(25)22(26)13-19)23(30)15-29(34(5,32)33)20-10-7-16(2)8-11-20/h7-13,17-18H,6,14-15H2,1-5H3,(H,27,31)/t17-,18+/m1/s1. The van der Waals surface area contributed by atoms with Crippen molar-refractivity contribution in [3.05, 3.63) is 63.6 Å². The van der Waals surface area contributed by atoms with E-state index >= 15 is 0 Å². The fourth-order valence-electron chi connectivity index (χ4n) is 3.21. The summed E-state index contributed by atoms with van der Waals surface area (Å²) in [7, 11) is -3.77. The summed E-state index contributed by atoms with van der Waals surface area (Å²) in [5, 5.41) is 3.57. The maximum Gasteiger partial charge on any atom is 0.244 e. The molecule has 0 aliphatic heterocycles. The predicted molar refractivity (Wildman–Crippen MR) is 138 cm³/mol. The molecule has 2 aromatic carbocycles.